The summed E-state index contributed by atoms with van der Waals surface area (Å²) in [6.07, 6.45) is 2.87. The highest BCUT2D eigenvalue weighted by atomic mass is 35.5. The van der Waals surface area contributed by atoms with Crippen molar-refractivity contribution in [2.24, 2.45) is 0 Å². The maximum Gasteiger partial charge on any atom is 0.211 e. The third kappa shape index (κ3) is 3.52. The molecule has 1 unspecified atom stereocenters. The number of anilines is 1. The Kier molecular flexibility index (Phi) is 4.57. The number of fused-ring (bicyclic) bond motifs is 1. The van der Waals surface area contributed by atoms with E-state index in [1.165, 1.54) is 10.6 Å². The zero-order valence-corrected chi connectivity index (χ0v) is 16.6. The number of sulfonamides is 1. The van der Waals surface area contributed by atoms with Crippen LogP contribution in [0.25, 0.3) is 22.4 Å². The van der Waals surface area contributed by atoms with Gasteiger partial charge in [-0.25, -0.2) is 18.4 Å². The first kappa shape index (κ1) is 18.2. The fraction of sp³-hybridized carbons (Fsp3) is 0.333. The monoisotopic (exact) mass is 405 g/mol. The molecular formula is C18H20ClN5O2S. The van der Waals surface area contributed by atoms with Crippen LogP contribution in [-0.4, -0.2) is 59.6 Å². The van der Waals surface area contributed by atoms with E-state index in [9.17, 15) is 8.42 Å². The molecule has 0 spiro atoms. The molecular weight excluding hydrogens is 386 g/mol. The van der Waals surface area contributed by atoms with Gasteiger partial charge in [0, 0.05) is 37.4 Å². The summed E-state index contributed by atoms with van der Waals surface area (Å²) >= 11 is 6.39. The fourth-order valence-corrected chi connectivity index (χ4v) is 4.51. The van der Waals surface area contributed by atoms with Crippen molar-refractivity contribution in [1.29, 1.82) is 0 Å². The average molecular weight is 406 g/mol. The molecule has 0 bridgehead atoms. The number of pyridine rings is 1. The van der Waals surface area contributed by atoms with E-state index >= 15 is 0 Å². The summed E-state index contributed by atoms with van der Waals surface area (Å²) in [5.41, 5.74) is 2.59. The van der Waals surface area contributed by atoms with E-state index in [4.69, 9.17) is 11.6 Å². The van der Waals surface area contributed by atoms with Gasteiger partial charge in [-0.2, -0.15) is 4.31 Å². The Morgan fingerprint density at radius 3 is 2.74 bits per heavy atom. The van der Waals surface area contributed by atoms with Gasteiger partial charge in [0.15, 0.2) is 0 Å². The van der Waals surface area contributed by atoms with Crippen LogP contribution in [0.5, 0.6) is 0 Å². The summed E-state index contributed by atoms with van der Waals surface area (Å²) in [4.78, 5) is 14.5. The van der Waals surface area contributed by atoms with E-state index in [1.807, 2.05) is 37.3 Å². The van der Waals surface area contributed by atoms with E-state index in [1.54, 1.807) is 6.20 Å². The van der Waals surface area contributed by atoms with Crippen LogP contribution in [0.3, 0.4) is 0 Å². The molecule has 1 N–H and O–H groups in total. The van der Waals surface area contributed by atoms with Crippen molar-refractivity contribution in [2.45, 2.75) is 13.0 Å². The molecule has 142 valence electrons. The highest BCUT2D eigenvalue weighted by Gasteiger charge is 2.29. The zero-order chi connectivity index (χ0) is 19.2. The Morgan fingerprint density at radius 2 is 2.04 bits per heavy atom. The summed E-state index contributed by atoms with van der Waals surface area (Å²) in [5.74, 6) is 1.45. The molecule has 0 aliphatic carbocycles. The van der Waals surface area contributed by atoms with Gasteiger partial charge in [0.05, 0.1) is 22.3 Å². The maximum absolute atomic E-state index is 11.8. The normalized spacial score (nSPS) is 18.9. The van der Waals surface area contributed by atoms with Crippen molar-refractivity contribution >= 4 is 38.5 Å². The van der Waals surface area contributed by atoms with E-state index < -0.39 is 10.0 Å². The number of imidazole rings is 1. The summed E-state index contributed by atoms with van der Waals surface area (Å²) in [6, 6.07) is 9.71. The van der Waals surface area contributed by atoms with Crippen LogP contribution in [0.15, 0.2) is 36.5 Å². The Morgan fingerprint density at radius 1 is 1.26 bits per heavy atom. The fourth-order valence-electron chi connectivity index (χ4n) is 3.41. The van der Waals surface area contributed by atoms with Crippen molar-refractivity contribution in [1.82, 2.24) is 19.3 Å². The first-order valence-electron chi connectivity index (χ1n) is 8.65. The van der Waals surface area contributed by atoms with Gasteiger partial charge in [0.25, 0.3) is 0 Å². The van der Waals surface area contributed by atoms with Crippen LogP contribution >= 0.6 is 11.6 Å². The van der Waals surface area contributed by atoms with Gasteiger partial charge in [0.2, 0.25) is 10.0 Å². The molecule has 2 aromatic heterocycles. The molecule has 9 heteroatoms. The van der Waals surface area contributed by atoms with Crippen LogP contribution in [0, 0.1) is 0 Å². The van der Waals surface area contributed by atoms with Gasteiger partial charge in [-0.3, -0.25) is 0 Å². The second-order valence-corrected chi connectivity index (χ2v) is 9.18. The molecule has 3 heterocycles. The van der Waals surface area contributed by atoms with E-state index in [0.717, 1.165) is 22.4 Å². The van der Waals surface area contributed by atoms with Crippen molar-refractivity contribution in [3.05, 3.63) is 41.6 Å². The number of piperazine rings is 1. The number of nitrogens with one attached hydrogen (secondary N) is 1. The lowest BCUT2D eigenvalue weighted by Crippen LogP contribution is -2.53. The largest absolute Gasteiger partial charge is 0.351 e. The highest BCUT2D eigenvalue weighted by Crippen LogP contribution is 2.31. The van der Waals surface area contributed by atoms with Crippen LogP contribution in [0.4, 0.5) is 5.82 Å². The molecule has 1 fully saturated rings. The average Bonchev–Trinajstić information content (AvgIpc) is 3.05. The molecule has 1 saturated heterocycles. The SMILES string of the molecule is CC1CN(S(C)(=O)=O)CCN1c1cc(-c2nc3ccccc3[nH]2)c(Cl)cn1. The van der Waals surface area contributed by atoms with E-state index in [-0.39, 0.29) is 6.04 Å². The minimum atomic E-state index is -3.19. The number of aromatic amines is 1. The molecule has 7 nitrogen and oxygen atoms in total. The van der Waals surface area contributed by atoms with E-state index in [0.29, 0.717) is 30.5 Å². The van der Waals surface area contributed by atoms with E-state index in [2.05, 4.69) is 19.9 Å². The summed E-state index contributed by atoms with van der Waals surface area (Å²) in [5, 5.41) is 0.514. The highest BCUT2D eigenvalue weighted by molar-refractivity contribution is 7.88. The summed E-state index contributed by atoms with van der Waals surface area (Å²) in [6.45, 7) is 3.44. The maximum atomic E-state index is 11.8. The lowest BCUT2D eigenvalue weighted by atomic mass is 10.2. The number of halogens is 1. The van der Waals surface area contributed by atoms with Crippen LogP contribution in [0.2, 0.25) is 5.02 Å². The smallest absolute Gasteiger partial charge is 0.211 e. The number of rotatable bonds is 3. The Hall–Kier alpha value is -2.16. The Balaban J connectivity index is 1.67. The van der Waals surface area contributed by atoms with Gasteiger partial charge < -0.3 is 9.88 Å². The standard InChI is InChI=1S/C18H20ClN5O2S/c1-12-11-23(27(2,25)26)7-8-24(12)17-9-13(14(19)10-20-17)18-21-15-5-3-4-6-16(15)22-18/h3-6,9-10,12H,7-8,11H2,1-2H3,(H,21,22). The molecule has 1 aliphatic rings. The zero-order valence-electron chi connectivity index (χ0n) is 15.1. The Labute approximate surface area is 163 Å². The number of hydrogen-bond donors (Lipinski definition) is 1. The molecule has 1 aliphatic heterocycles. The number of H-pyrrole nitrogens is 1. The Bertz CT molecular complexity index is 1070. The third-order valence-electron chi connectivity index (χ3n) is 4.84. The van der Waals surface area contributed by atoms with Gasteiger partial charge in [-0.05, 0) is 25.1 Å². The molecule has 0 radical (unpaired) electrons. The number of aromatic nitrogens is 3. The van der Waals surface area contributed by atoms with Crippen molar-refractivity contribution in [3.63, 3.8) is 0 Å². The third-order valence-corrected chi connectivity index (χ3v) is 6.41. The molecule has 27 heavy (non-hydrogen) atoms. The predicted molar refractivity (Wildman–Crippen MR) is 108 cm³/mol. The quantitative estimate of drug-likeness (QED) is 0.724. The number of nitrogens with zero attached hydrogens (tertiary/aromatic N) is 4. The summed E-state index contributed by atoms with van der Waals surface area (Å²) in [7, 11) is -3.19. The molecule has 4 rings (SSSR count). The van der Waals surface area contributed by atoms with Crippen LogP contribution in [0.1, 0.15) is 6.92 Å². The van der Waals surface area contributed by atoms with Gasteiger partial charge >= 0.3 is 0 Å². The summed E-state index contributed by atoms with van der Waals surface area (Å²) < 4.78 is 25.1. The number of hydrogen-bond acceptors (Lipinski definition) is 5. The molecule has 1 atom stereocenters. The van der Waals surface area contributed by atoms with Crippen LogP contribution in [-0.2, 0) is 10.0 Å². The van der Waals surface area contributed by atoms with Gasteiger partial charge in [-0.1, -0.05) is 23.7 Å². The van der Waals surface area contributed by atoms with Crippen molar-refractivity contribution in [3.8, 4) is 11.4 Å². The molecule has 1 aromatic carbocycles. The van der Waals surface area contributed by atoms with Gasteiger partial charge in [-0.15, -0.1) is 0 Å². The number of benzene rings is 1. The molecule has 0 saturated carbocycles. The minimum absolute atomic E-state index is 0.00525. The van der Waals surface area contributed by atoms with Crippen molar-refractivity contribution < 1.29 is 8.42 Å². The second kappa shape index (κ2) is 6.78. The number of para-hydroxylation sites is 2. The van der Waals surface area contributed by atoms with Crippen LogP contribution < -0.4 is 4.90 Å². The first-order valence-corrected chi connectivity index (χ1v) is 10.9. The molecule has 3 aromatic rings. The lowest BCUT2D eigenvalue weighted by molar-refractivity contribution is 0.343. The van der Waals surface area contributed by atoms with Crippen molar-refractivity contribution in [2.75, 3.05) is 30.8 Å². The topological polar surface area (TPSA) is 82.2 Å². The second-order valence-electron chi connectivity index (χ2n) is 6.79. The lowest BCUT2D eigenvalue weighted by Gasteiger charge is -2.39. The minimum Gasteiger partial charge on any atom is -0.351 e. The first-order chi connectivity index (χ1) is 12.8. The predicted octanol–water partition coefficient (Wildman–Crippen LogP) is 2.75. The molecule has 0 amide bonds. The van der Waals surface area contributed by atoms with Gasteiger partial charge in [0.1, 0.15) is 11.6 Å².